The second kappa shape index (κ2) is 8.75. The van der Waals surface area contributed by atoms with Crippen molar-refractivity contribution < 1.29 is 14.3 Å². The molecule has 0 spiro atoms. The van der Waals surface area contributed by atoms with Gasteiger partial charge in [0.2, 0.25) is 0 Å². The van der Waals surface area contributed by atoms with Crippen LogP contribution in [0.2, 0.25) is 0 Å². The van der Waals surface area contributed by atoms with Crippen molar-refractivity contribution in [2.24, 2.45) is 0 Å². The van der Waals surface area contributed by atoms with E-state index in [2.05, 4.69) is 17.4 Å². The Morgan fingerprint density at radius 1 is 1.00 bits per heavy atom. The summed E-state index contributed by atoms with van der Waals surface area (Å²) in [5.74, 6) is 1.43. The fraction of sp³-hybridized carbons (Fsp3) is 0.409. The fourth-order valence-electron chi connectivity index (χ4n) is 3.18. The number of para-hydroxylation sites is 1. The molecule has 0 radical (unpaired) electrons. The highest BCUT2D eigenvalue weighted by Gasteiger charge is 2.18. The van der Waals surface area contributed by atoms with E-state index >= 15 is 0 Å². The Balaban J connectivity index is 1.48. The van der Waals surface area contributed by atoms with Crippen LogP contribution in [0.1, 0.15) is 37.8 Å². The molecular weight excluding hydrogens is 326 g/mol. The van der Waals surface area contributed by atoms with Crippen molar-refractivity contribution in [1.29, 1.82) is 0 Å². The molecule has 3 rings (SSSR count). The Hall–Kier alpha value is -2.49. The Bertz CT molecular complexity index is 729. The Labute approximate surface area is 155 Å². The third-order valence-electron chi connectivity index (χ3n) is 4.63. The van der Waals surface area contributed by atoms with Gasteiger partial charge in [0.25, 0.3) is 5.91 Å². The van der Waals surface area contributed by atoms with E-state index in [0.29, 0.717) is 6.61 Å². The lowest BCUT2D eigenvalue weighted by Gasteiger charge is -2.21. The van der Waals surface area contributed by atoms with Gasteiger partial charge in [0.15, 0.2) is 6.10 Å². The minimum absolute atomic E-state index is 0.0997. The predicted molar refractivity (Wildman–Crippen MR) is 103 cm³/mol. The average Bonchev–Trinajstić information content (AvgIpc) is 2.67. The highest BCUT2D eigenvalue weighted by molar-refractivity contribution is 5.81. The van der Waals surface area contributed by atoms with Crippen molar-refractivity contribution in [1.82, 2.24) is 5.32 Å². The summed E-state index contributed by atoms with van der Waals surface area (Å²) in [6.45, 7) is 4.12. The molecule has 4 heteroatoms. The van der Waals surface area contributed by atoms with Crippen LogP contribution in [-0.2, 0) is 17.6 Å². The number of rotatable bonds is 7. The SMILES string of the molecule is CC(COc1ccccc1)NC(=O)C(C)Oc1ccc2c(c1)CCCC2. The molecule has 2 aromatic carbocycles. The summed E-state index contributed by atoms with van der Waals surface area (Å²) < 4.78 is 11.5. The van der Waals surface area contributed by atoms with Crippen molar-refractivity contribution in [2.45, 2.75) is 51.7 Å². The predicted octanol–water partition coefficient (Wildman–Crippen LogP) is 3.92. The lowest BCUT2D eigenvalue weighted by molar-refractivity contribution is -0.128. The molecule has 2 atom stereocenters. The molecule has 0 bridgehead atoms. The number of benzene rings is 2. The number of ether oxygens (including phenoxy) is 2. The van der Waals surface area contributed by atoms with Crippen LogP contribution < -0.4 is 14.8 Å². The molecule has 1 N–H and O–H groups in total. The highest BCUT2D eigenvalue weighted by atomic mass is 16.5. The van der Waals surface area contributed by atoms with Crippen LogP contribution >= 0.6 is 0 Å². The van der Waals surface area contributed by atoms with Crippen molar-refractivity contribution in [3.05, 3.63) is 59.7 Å². The zero-order chi connectivity index (χ0) is 18.4. The molecule has 0 aliphatic heterocycles. The zero-order valence-corrected chi connectivity index (χ0v) is 15.5. The number of hydrogen-bond donors (Lipinski definition) is 1. The number of hydrogen-bond acceptors (Lipinski definition) is 3. The monoisotopic (exact) mass is 353 g/mol. The van der Waals surface area contributed by atoms with Crippen molar-refractivity contribution >= 4 is 5.91 Å². The number of nitrogens with one attached hydrogen (secondary N) is 1. The molecule has 0 saturated heterocycles. The zero-order valence-electron chi connectivity index (χ0n) is 15.5. The summed E-state index contributed by atoms with van der Waals surface area (Å²) in [4.78, 5) is 12.4. The standard InChI is InChI=1S/C22H27NO3/c1-16(15-25-20-10-4-3-5-11-20)23-22(24)17(2)26-21-13-12-18-8-6-7-9-19(18)14-21/h3-5,10-14,16-17H,6-9,15H2,1-2H3,(H,23,24). The van der Waals surface area contributed by atoms with Gasteiger partial charge in [-0.05, 0) is 74.9 Å². The maximum Gasteiger partial charge on any atom is 0.261 e. The van der Waals surface area contributed by atoms with Crippen LogP contribution in [0.3, 0.4) is 0 Å². The first kappa shape index (κ1) is 18.3. The van der Waals surface area contributed by atoms with Crippen molar-refractivity contribution in [2.75, 3.05) is 6.61 Å². The van der Waals surface area contributed by atoms with Gasteiger partial charge in [-0.25, -0.2) is 0 Å². The molecule has 0 saturated carbocycles. The number of fused-ring (bicyclic) bond motifs is 1. The number of amides is 1. The molecule has 1 aliphatic rings. The third kappa shape index (κ3) is 5.01. The molecule has 2 aromatic rings. The number of carbonyl (C=O) groups is 1. The van der Waals surface area contributed by atoms with Gasteiger partial charge < -0.3 is 14.8 Å². The van der Waals surface area contributed by atoms with Gasteiger partial charge >= 0.3 is 0 Å². The fourth-order valence-corrected chi connectivity index (χ4v) is 3.18. The van der Waals surface area contributed by atoms with Crippen molar-refractivity contribution in [3.8, 4) is 11.5 Å². The van der Waals surface area contributed by atoms with Crippen LogP contribution in [-0.4, -0.2) is 24.7 Å². The van der Waals surface area contributed by atoms with E-state index in [1.54, 1.807) is 6.92 Å². The van der Waals surface area contributed by atoms with Gasteiger partial charge in [0, 0.05) is 0 Å². The summed E-state index contributed by atoms with van der Waals surface area (Å²) in [5.41, 5.74) is 2.76. The lowest BCUT2D eigenvalue weighted by Crippen LogP contribution is -2.43. The molecule has 1 amide bonds. The van der Waals surface area contributed by atoms with Gasteiger partial charge in [-0.1, -0.05) is 24.3 Å². The van der Waals surface area contributed by atoms with Gasteiger partial charge in [-0.3, -0.25) is 4.79 Å². The van der Waals surface area contributed by atoms with Gasteiger partial charge in [-0.15, -0.1) is 0 Å². The van der Waals surface area contributed by atoms with Gasteiger partial charge in [0.1, 0.15) is 18.1 Å². The van der Waals surface area contributed by atoms with E-state index < -0.39 is 6.10 Å². The lowest BCUT2D eigenvalue weighted by atomic mass is 9.92. The van der Waals surface area contributed by atoms with Gasteiger partial charge in [-0.2, -0.15) is 0 Å². The van der Waals surface area contributed by atoms with Crippen LogP contribution in [0.5, 0.6) is 11.5 Å². The minimum atomic E-state index is -0.546. The summed E-state index contributed by atoms with van der Waals surface area (Å²) >= 11 is 0. The summed E-state index contributed by atoms with van der Waals surface area (Å²) in [6.07, 6.45) is 4.18. The normalized spacial score (nSPS) is 15.5. The third-order valence-corrected chi connectivity index (χ3v) is 4.63. The minimum Gasteiger partial charge on any atom is -0.491 e. The van der Waals surface area contributed by atoms with E-state index in [-0.39, 0.29) is 11.9 Å². The van der Waals surface area contributed by atoms with Crippen LogP contribution in [0.4, 0.5) is 0 Å². The van der Waals surface area contributed by atoms with Crippen molar-refractivity contribution in [3.63, 3.8) is 0 Å². The summed E-state index contributed by atoms with van der Waals surface area (Å²) in [5, 5.41) is 2.94. The molecule has 2 unspecified atom stereocenters. The molecule has 0 heterocycles. The van der Waals surface area contributed by atoms with E-state index in [9.17, 15) is 4.79 Å². The second-order valence-electron chi connectivity index (χ2n) is 6.93. The van der Waals surface area contributed by atoms with Gasteiger partial charge in [0.05, 0.1) is 6.04 Å². The first-order chi connectivity index (χ1) is 12.6. The molecule has 26 heavy (non-hydrogen) atoms. The first-order valence-electron chi connectivity index (χ1n) is 9.38. The molecule has 0 aromatic heterocycles. The summed E-state index contributed by atoms with van der Waals surface area (Å²) in [6, 6.07) is 15.7. The molecule has 138 valence electrons. The molecular formula is C22H27NO3. The van der Waals surface area contributed by atoms with Crippen LogP contribution in [0, 0.1) is 0 Å². The topological polar surface area (TPSA) is 47.6 Å². The van der Waals surface area contributed by atoms with E-state index in [0.717, 1.165) is 24.3 Å². The smallest absolute Gasteiger partial charge is 0.261 e. The summed E-state index contributed by atoms with van der Waals surface area (Å²) in [7, 11) is 0. The van der Waals surface area contributed by atoms with E-state index in [1.165, 1.54) is 24.0 Å². The van der Waals surface area contributed by atoms with E-state index in [4.69, 9.17) is 9.47 Å². The number of aryl methyl sites for hydroxylation is 2. The number of carbonyl (C=O) groups excluding carboxylic acids is 1. The largest absolute Gasteiger partial charge is 0.491 e. The average molecular weight is 353 g/mol. The molecule has 4 nitrogen and oxygen atoms in total. The maximum absolute atomic E-state index is 12.4. The van der Waals surface area contributed by atoms with Crippen LogP contribution in [0.25, 0.3) is 0 Å². The molecule has 0 fully saturated rings. The Morgan fingerprint density at radius 2 is 1.73 bits per heavy atom. The Kier molecular flexibility index (Phi) is 6.16. The van der Waals surface area contributed by atoms with Crippen LogP contribution in [0.15, 0.2) is 48.5 Å². The molecule has 1 aliphatic carbocycles. The first-order valence-corrected chi connectivity index (χ1v) is 9.38. The highest BCUT2D eigenvalue weighted by Crippen LogP contribution is 2.25. The van der Waals surface area contributed by atoms with E-state index in [1.807, 2.05) is 43.3 Å². The Morgan fingerprint density at radius 3 is 2.50 bits per heavy atom. The quantitative estimate of drug-likeness (QED) is 0.821. The maximum atomic E-state index is 12.4. The second-order valence-corrected chi connectivity index (χ2v) is 6.93.